The number of aliphatic hydroxyl groups excluding tert-OH is 1. The number of para-hydroxylation sites is 1. The number of hydrogen-bond donors (Lipinski definition) is 3. The van der Waals surface area contributed by atoms with Gasteiger partial charge in [-0.15, -0.1) is 0 Å². The summed E-state index contributed by atoms with van der Waals surface area (Å²) in [4.78, 5) is 12.5. The number of nitrogens with one attached hydrogen (secondary N) is 1. The predicted molar refractivity (Wildman–Crippen MR) is 70.5 cm³/mol. The molecule has 0 aliphatic rings. The second-order valence-electron chi connectivity index (χ2n) is 3.73. The van der Waals surface area contributed by atoms with Crippen molar-refractivity contribution in [2.24, 2.45) is 5.84 Å². The molecular formula is C11H18N4O3. The molecule has 0 fully saturated rings. The number of rotatable bonds is 7. The van der Waals surface area contributed by atoms with Gasteiger partial charge >= 0.3 is 5.69 Å². The summed E-state index contributed by atoms with van der Waals surface area (Å²) in [7, 11) is 0. The van der Waals surface area contributed by atoms with E-state index in [2.05, 4.69) is 5.43 Å². The fraction of sp³-hybridized carbons (Fsp3) is 0.455. The lowest BCUT2D eigenvalue weighted by atomic mass is 10.2. The lowest BCUT2D eigenvalue weighted by Gasteiger charge is -2.23. The first-order valence-corrected chi connectivity index (χ1v) is 5.75. The number of aliphatic hydroxyl groups is 1. The Bertz CT molecular complexity index is 411. The largest absolute Gasteiger partial charge is 0.396 e. The van der Waals surface area contributed by atoms with E-state index >= 15 is 0 Å². The van der Waals surface area contributed by atoms with Crippen LogP contribution in [-0.2, 0) is 0 Å². The van der Waals surface area contributed by atoms with Crippen LogP contribution in [0, 0.1) is 10.1 Å². The van der Waals surface area contributed by atoms with Gasteiger partial charge in [0, 0.05) is 19.7 Å². The van der Waals surface area contributed by atoms with E-state index in [4.69, 9.17) is 10.9 Å². The molecule has 0 atom stereocenters. The first-order chi connectivity index (χ1) is 8.65. The van der Waals surface area contributed by atoms with Gasteiger partial charge in [-0.25, -0.2) is 0 Å². The van der Waals surface area contributed by atoms with Gasteiger partial charge in [-0.1, -0.05) is 6.07 Å². The summed E-state index contributed by atoms with van der Waals surface area (Å²) >= 11 is 0. The van der Waals surface area contributed by atoms with E-state index in [1.54, 1.807) is 18.2 Å². The van der Waals surface area contributed by atoms with E-state index in [0.29, 0.717) is 25.2 Å². The van der Waals surface area contributed by atoms with Crippen LogP contribution in [0.25, 0.3) is 0 Å². The third-order valence-corrected chi connectivity index (χ3v) is 2.66. The summed E-state index contributed by atoms with van der Waals surface area (Å²) in [6.07, 6.45) is 0.561. The zero-order valence-corrected chi connectivity index (χ0v) is 10.3. The van der Waals surface area contributed by atoms with Crippen molar-refractivity contribution in [3.63, 3.8) is 0 Å². The summed E-state index contributed by atoms with van der Waals surface area (Å²) in [6, 6.07) is 4.94. The predicted octanol–water partition coefficient (Wildman–Crippen LogP) is 1.09. The maximum atomic E-state index is 11.1. The number of nitro groups is 1. The fourth-order valence-corrected chi connectivity index (χ4v) is 1.81. The van der Waals surface area contributed by atoms with Crippen LogP contribution in [0.4, 0.5) is 17.1 Å². The molecule has 0 unspecified atom stereocenters. The molecule has 100 valence electrons. The molecule has 7 nitrogen and oxygen atoms in total. The van der Waals surface area contributed by atoms with Gasteiger partial charge in [0.15, 0.2) is 0 Å². The molecule has 1 aromatic rings. The number of hydrogen-bond acceptors (Lipinski definition) is 6. The number of hydrazine groups is 1. The number of nitrogen functional groups attached to an aromatic ring is 1. The molecular weight excluding hydrogens is 236 g/mol. The van der Waals surface area contributed by atoms with Gasteiger partial charge in [-0.2, -0.15) is 0 Å². The standard InChI is InChI=1S/C11H18N4O3/c1-2-14(7-4-8-16)10-6-3-5-9(13-12)11(10)15(17)18/h3,5-6,13,16H,2,4,7-8,12H2,1H3. The molecule has 1 aromatic carbocycles. The molecule has 0 aromatic heterocycles. The Morgan fingerprint density at radius 1 is 1.56 bits per heavy atom. The number of benzene rings is 1. The second kappa shape index (κ2) is 6.77. The lowest BCUT2D eigenvalue weighted by Crippen LogP contribution is -2.26. The SMILES string of the molecule is CCN(CCCO)c1cccc(NN)c1[N+](=O)[O-]. The van der Waals surface area contributed by atoms with Crippen LogP contribution in [0.3, 0.4) is 0 Å². The molecule has 7 heteroatoms. The van der Waals surface area contributed by atoms with Crippen molar-refractivity contribution >= 4 is 17.1 Å². The molecule has 1 rings (SSSR count). The zero-order valence-electron chi connectivity index (χ0n) is 10.3. The van der Waals surface area contributed by atoms with E-state index in [1.807, 2.05) is 11.8 Å². The van der Waals surface area contributed by atoms with Crippen LogP contribution in [0.5, 0.6) is 0 Å². The average Bonchev–Trinajstić information content (AvgIpc) is 2.38. The van der Waals surface area contributed by atoms with Crippen molar-refractivity contribution in [3.05, 3.63) is 28.3 Å². The van der Waals surface area contributed by atoms with Crippen molar-refractivity contribution in [1.29, 1.82) is 0 Å². The summed E-state index contributed by atoms with van der Waals surface area (Å²) in [5, 5.41) is 20.0. The summed E-state index contributed by atoms with van der Waals surface area (Å²) in [5.74, 6) is 5.29. The van der Waals surface area contributed by atoms with Crippen molar-refractivity contribution in [2.45, 2.75) is 13.3 Å². The van der Waals surface area contributed by atoms with Crippen LogP contribution >= 0.6 is 0 Å². The number of anilines is 2. The highest BCUT2D eigenvalue weighted by molar-refractivity contribution is 5.76. The number of nitro benzene ring substituents is 1. The molecule has 0 radical (unpaired) electrons. The Balaban J connectivity index is 3.16. The Kier molecular flexibility index (Phi) is 5.34. The van der Waals surface area contributed by atoms with Gasteiger partial charge < -0.3 is 15.4 Å². The molecule has 0 amide bonds. The van der Waals surface area contributed by atoms with Crippen molar-refractivity contribution < 1.29 is 10.0 Å². The van der Waals surface area contributed by atoms with Gasteiger partial charge in [0.05, 0.1) is 4.92 Å². The Morgan fingerprint density at radius 2 is 2.28 bits per heavy atom. The minimum absolute atomic E-state index is 0.0419. The van der Waals surface area contributed by atoms with Crippen LogP contribution < -0.4 is 16.2 Å². The van der Waals surface area contributed by atoms with Gasteiger partial charge in [0.2, 0.25) is 0 Å². The Hall–Kier alpha value is -1.86. The number of nitrogens with zero attached hydrogens (tertiary/aromatic N) is 2. The third kappa shape index (κ3) is 3.08. The summed E-state index contributed by atoms with van der Waals surface area (Å²) in [6.45, 7) is 3.14. The van der Waals surface area contributed by atoms with Gasteiger partial charge in [-0.05, 0) is 25.5 Å². The smallest absolute Gasteiger partial charge is 0.316 e. The number of nitrogens with two attached hydrogens (primary N) is 1. The normalized spacial score (nSPS) is 10.2. The Labute approximate surface area is 105 Å². The first kappa shape index (κ1) is 14.2. The molecule has 0 saturated carbocycles. The van der Waals surface area contributed by atoms with Crippen molar-refractivity contribution in [1.82, 2.24) is 0 Å². The Morgan fingerprint density at radius 3 is 2.78 bits per heavy atom. The van der Waals surface area contributed by atoms with E-state index in [0.717, 1.165) is 0 Å². The molecule has 0 spiro atoms. The van der Waals surface area contributed by atoms with E-state index in [-0.39, 0.29) is 18.0 Å². The zero-order chi connectivity index (χ0) is 13.5. The minimum atomic E-state index is -0.452. The van der Waals surface area contributed by atoms with E-state index < -0.39 is 4.92 Å². The monoisotopic (exact) mass is 254 g/mol. The molecule has 18 heavy (non-hydrogen) atoms. The van der Waals surface area contributed by atoms with Crippen molar-refractivity contribution in [3.8, 4) is 0 Å². The molecule has 0 bridgehead atoms. The molecule has 0 heterocycles. The van der Waals surface area contributed by atoms with E-state index in [1.165, 1.54) is 0 Å². The highest BCUT2D eigenvalue weighted by Gasteiger charge is 2.22. The highest BCUT2D eigenvalue weighted by Crippen LogP contribution is 2.34. The molecule has 0 aliphatic heterocycles. The van der Waals surface area contributed by atoms with Crippen LogP contribution in [0.1, 0.15) is 13.3 Å². The van der Waals surface area contributed by atoms with E-state index in [9.17, 15) is 10.1 Å². The maximum Gasteiger partial charge on any atom is 0.316 e. The summed E-state index contributed by atoms with van der Waals surface area (Å²) in [5.41, 5.74) is 3.08. The highest BCUT2D eigenvalue weighted by atomic mass is 16.6. The molecule has 0 saturated heterocycles. The average molecular weight is 254 g/mol. The topological polar surface area (TPSA) is 105 Å². The van der Waals surface area contributed by atoms with Crippen LogP contribution in [0.2, 0.25) is 0 Å². The van der Waals surface area contributed by atoms with Gasteiger partial charge in [0.1, 0.15) is 11.4 Å². The third-order valence-electron chi connectivity index (χ3n) is 2.66. The van der Waals surface area contributed by atoms with Crippen LogP contribution in [0.15, 0.2) is 18.2 Å². The minimum Gasteiger partial charge on any atom is -0.396 e. The van der Waals surface area contributed by atoms with Crippen LogP contribution in [-0.4, -0.2) is 29.7 Å². The molecule has 4 N–H and O–H groups in total. The first-order valence-electron chi connectivity index (χ1n) is 5.75. The molecule has 0 aliphatic carbocycles. The second-order valence-corrected chi connectivity index (χ2v) is 3.73. The quantitative estimate of drug-likeness (QED) is 0.382. The lowest BCUT2D eigenvalue weighted by molar-refractivity contribution is -0.383. The van der Waals surface area contributed by atoms with Crippen molar-refractivity contribution in [2.75, 3.05) is 30.0 Å². The maximum absolute atomic E-state index is 11.1. The summed E-state index contributed by atoms with van der Waals surface area (Å²) < 4.78 is 0. The van der Waals surface area contributed by atoms with Gasteiger partial charge in [0.25, 0.3) is 0 Å². The van der Waals surface area contributed by atoms with Gasteiger partial charge in [-0.3, -0.25) is 16.0 Å². The fourth-order valence-electron chi connectivity index (χ4n) is 1.81.